The van der Waals surface area contributed by atoms with Crippen molar-refractivity contribution < 1.29 is 23.8 Å². The van der Waals surface area contributed by atoms with Gasteiger partial charge in [0.1, 0.15) is 5.76 Å². The maximum atomic E-state index is 11.4. The molecule has 1 aliphatic heterocycles. The molecule has 1 aromatic heterocycles. The van der Waals surface area contributed by atoms with Crippen molar-refractivity contribution in [3.63, 3.8) is 0 Å². The minimum atomic E-state index is -0.936. The van der Waals surface area contributed by atoms with Gasteiger partial charge in [-0.25, -0.2) is 4.79 Å². The molecule has 0 saturated carbocycles. The average Bonchev–Trinajstić information content (AvgIpc) is 2.83. The highest BCUT2D eigenvalue weighted by Gasteiger charge is 2.33. The molecule has 0 bridgehead atoms. The summed E-state index contributed by atoms with van der Waals surface area (Å²) < 4.78 is 10.2. The van der Waals surface area contributed by atoms with Gasteiger partial charge in [0.15, 0.2) is 6.10 Å². The molecule has 86 valence electrons. The van der Waals surface area contributed by atoms with Crippen molar-refractivity contribution >= 4 is 12.1 Å². The van der Waals surface area contributed by atoms with Gasteiger partial charge in [-0.3, -0.25) is 4.79 Å². The van der Waals surface area contributed by atoms with Crippen LogP contribution in [0.5, 0.6) is 0 Å². The van der Waals surface area contributed by atoms with E-state index in [9.17, 15) is 9.59 Å². The number of carboxylic acids is 1. The van der Waals surface area contributed by atoms with Crippen molar-refractivity contribution in [3.05, 3.63) is 24.2 Å². The molecule has 1 aliphatic rings. The molecule has 2 rings (SSSR count). The van der Waals surface area contributed by atoms with Crippen LogP contribution in [0.15, 0.2) is 22.8 Å². The van der Waals surface area contributed by atoms with Gasteiger partial charge in [-0.15, -0.1) is 0 Å². The second-order valence-electron chi connectivity index (χ2n) is 3.48. The van der Waals surface area contributed by atoms with E-state index >= 15 is 0 Å². The third kappa shape index (κ3) is 2.16. The van der Waals surface area contributed by atoms with Crippen LogP contribution in [-0.2, 0) is 9.53 Å². The molecule has 0 aromatic carbocycles. The molecule has 1 aromatic rings. The number of carbonyl (C=O) groups is 2. The lowest BCUT2D eigenvalue weighted by atomic mass is 10.2. The summed E-state index contributed by atoms with van der Waals surface area (Å²) in [4.78, 5) is 23.1. The largest absolute Gasteiger partial charge is 0.481 e. The molecule has 1 N–H and O–H groups in total. The van der Waals surface area contributed by atoms with Crippen LogP contribution in [0.3, 0.4) is 0 Å². The second-order valence-corrected chi connectivity index (χ2v) is 3.48. The Morgan fingerprint density at radius 3 is 3.06 bits per heavy atom. The summed E-state index contributed by atoms with van der Waals surface area (Å²) >= 11 is 0. The average molecular weight is 225 g/mol. The van der Waals surface area contributed by atoms with E-state index < -0.39 is 18.2 Å². The van der Waals surface area contributed by atoms with E-state index in [-0.39, 0.29) is 13.0 Å². The normalized spacial score (nSPS) is 19.9. The molecule has 0 aliphatic carbocycles. The van der Waals surface area contributed by atoms with Crippen LogP contribution in [0.1, 0.15) is 18.3 Å². The fraction of sp³-hybridized carbons (Fsp3) is 0.400. The molecule has 1 fully saturated rings. The van der Waals surface area contributed by atoms with Crippen LogP contribution in [-0.4, -0.2) is 35.2 Å². The van der Waals surface area contributed by atoms with E-state index in [0.29, 0.717) is 12.3 Å². The molecule has 6 heteroatoms. The molecule has 16 heavy (non-hydrogen) atoms. The fourth-order valence-electron chi connectivity index (χ4n) is 1.54. The van der Waals surface area contributed by atoms with Crippen LogP contribution in [0, 0.1) is 0 Å². The standard InChI is InChI=1S/C10H11NO5/c12-9(13)3-4-11-6-8(16-10(11)14)7-2-1-5-15-7/h1-2,5,8H,3-4,6H2,(H,12,13). The number of amides is 1. The second kappa shape index (κ2) is 4.26. The number of hydrogen-bond donors (Lipinski definition) is 1. The zero-order chi connectivity index (χ0) is 11.5. The molecule has 2 heterocycles. The van der Waals surface area contributed by atoms with Gasteiger partial charge in [-0.05, 0) is 12.1 Å². The first-order valence-corrected chi connectivity index (χ1v) is 4.87. The van der Waals surface area contributed by atoms with Crippen molar-refractivity contribution in [1.82, 2.24) is 4.90 Å². The lowest BCUT2D eigenvalue weighted by Crippen LogP contribution is -2.27. The molecule has 0 radical (unpaired) electrons. The van der Waals surface area contributed by atoms with Crippen molar-refractivity contribution in [2.75, 3.05) is 13.1 Å². The Labute approximate surface area is 91.4 Å². The zero-order valence-electron chi connectivity index (χ0n) is 8.46. The third-order valence-corrected chi connectivity index (χ3v) is 2.34. The molecule has 6 nitrogen and oxygen atoms in total. The van der Waals surface area contributed by atoms with Crippen LogP contribution in [0.2, 0.25) is 0 Å². The van der Waals surface area contributed by atoms with Crippen LogP contribution in [0.25, 0.3) is 0 Å². The highest BCUT2D eigenvalue weighted by atomic mass is 16.6. The third-order valence-electron chi connectivity index (χ3n) is 2.34. The first kappa shape index (κ1) is 10.5. The molecule has 1 saturated heterocycles. The quantitative estimate of drug-likeness (QED) is 0.834. The number of nitrogens with zero attached hydrogens (tertiary/aromatic N) is 1. The number of ether oxygens (including phenoxy) is 1. The van der Waals surface area contributed by atoms with Gasteiger partial charge < -0.3 is 19.2 Å². The van der Waals surface area contributed by atoms with Crippen LogP contribution in [0.4, 0.5) is 4.79 Å². The van der Waals surface area contributed by atoms with E-state index in [1.54, 1.807) is 12.1 Å². The molecule has 1 unspecified atom stereocenters. The number of hydrogen-bond acceptors (Lipinski definition) is 4. The van der Waals surface area contributed by atoms with E-state index in [4.69, 9.17) is 14.3 Å². The summed E-state index contributed by atoms with van der Waals surface area (Å²) in [7, 11) is 0. The van der Waals surface area contributed by atoms with E-state index in [2.05, 4.69) is 0 Å². The molecular weight excluding hydrogens is 214 g/mol. The smallest absolute Gasteiger partial charge is 0.410 e. The van der Waals surface area contributed by atoms with Gasteiger partial charge in [0.25, 0.3) is 0 Å². The van der Waals surface area contributed by atoms with Gasteiger partial charge in [-0.1, -0.05) is 0 Å². The molecule has 1 amide bonds. The van der Waals surface area contributed by atoms with Crippen molar-refractivity contribution in [1.29, 1.82) is 0 Å². The summed E-state index contributed by atoms with van der Waals surface area (Å²) in [6.45, 7) is 0.491. The maximum absolute atomic E-state index is 11.4. The highest BCUT2D eigenvalue weighted by molar-refractivity contribution is 5.72. The number of carboxylic acid groups (broad SMARTS) is 1. The van der Waals surface area contributed by atoms with Crippen molar-refractivity contribution in [2.24, 2.45) is 0 Å². The lowest BCUT2D eigenvalue weighted by Gasteiger charge is -2.09. The van der Waals surface area contributed by atoms with Crippen LogP contribution >= 0.6 is 0 Å². The first-order valence-electron chi connectivity index (χ1n) is 4.87. The monoisotopic (exact) mass is 225 g/mol. The predicted molar refractivity (Wildman–Crippen MR) is 51.8 cm³/mol. The summed E-state index contributed by atoms with van der Waals surface area (Å²) in [5.74, 6) is -0.361. The predicted octanol–water partition coefficient (Wildman–Crippen LogP) is 1.25. The van der Waals surface area contributed by atoms with Gasteiger partial charge >= 0.3 is 12.1 Å². The Hall–Kier alpha value is -1.98. The Balaban J connectivity index is 1.94. The Morgan fingerprint density at radius 1 is 1.62 bits per heavy atom. The van der Waals surface area contributed by atoms with Crippen molar-refractivity contribution in [2.45, 2.75) is 12.5 Å². The SMILES string of the molecule is O=C(O)CCN1CC(c2ccco2)OC1=O. The number of furan rings is 1. The Kier molecular flexibility index (Phi) is 2.80. The summed E-state index contributed by atoms with van der Waals surface area (Å²) in [5.41, 5.74) is 0. The Bertz CT molecular complexity index is 386. The fourth-order valence-corrected chi connectivity index (χ4v) is 1.54. The van der Waals surface area contributed by atoms with Crippen LogP contribution < -0.4 is 0 Å². The van der Waals surface area contributed by atoms with Gasteiger partial charge in [0.2, 0.25) is 0 Å². The molecule has 0 spiro atoms. The van der Waals surface area contributed by atoms with Gasteiger partial charge in [0, 0.05) is 6.54 Å². The van der Waals surface area contributed by atoms with Gasteiger partial charge in [0.05, 0.1) is 19.2 Å². The number of cyclic esters (lactones) is 1. The highest BCUT2D eigenvalue weighted by Crippen LogP contribution is 2.26. The summed E-state index contributed by atoms with van der Waals surface area (Å²) in [6, 6.07) is 3.43. The summed E-state index contributed by atoms with van der Waals surface area (Å²) in [5, 5.41) is 8.51. The number of rotatable bonds is 4. The summed E-state index contributed by atoms with van der Waals surface area (Å²) in [6.07, 6.45) is 0.488. The molecular formula is C10H11NO5. The molecule has 1 atom stereocenters. The van der Waals surface area contributed by atoms with E-state index in [1.807, 2.05) is 0 Å². The minimum absolute atomic E-state index is 0.0834. The Morgan fingerprint density at radius 2 is 2.44 bits per heavy atom. The minimum Gasteiger partial charge on any atom is -0.481 e. The van der Waals surface area contributed by atoms with Crippen molar-refractivity contribution in [3.8, 4) is 0 Å². The zero-order valence-corrected chi connectivity index (χ0v) is 8.46. The maximum Gasteiger partial charge on any atom is 0.410 e. The number of carbonyl (C=O) groups excluding carboxylic acids is 1. The van der Waals surface area contributed by atoms with Gasteiger partial charge in [-0.2, -0.15) is 0 Å². The van der Waals surface area contributed by atoms with E-state index in [0.717, 1.165) is 0 Å². The number of aliphatic carboxylic acids is 1. The van der Waals surface area contributed by atoms with E-state index in [1.165, 1.54) is 11.2 Å². The topological polar surface area (TPSA) is 80.0 Å². The lowest BCUT2D eigenvalue weighted by molar-refractivity contribution is -0.137. The first-order chi connectivity index (χ1) is 7.66.